The van der Waals surface area contributed by atoms with E-state index in [2.05, 4.69) is 15.3 Å². The van der Waals surface area contributed by atoms with Gasteiger partial charge in [0.15, 0.2) is 0 Å². The van der Waals surface area contributed by atoms with Crippen molar-refractivity contribution in [3.8, 4) is 0 Å². The van der Waals surface area contributed by atoms with Gasteiger partial charge in [-0.25, -0.2) is 9.18 Å². The number of H-pyrrole nitrogens is 1. The molecule has 2 heterocycles. The van der Waals surface area contributed by atoms with E-state index in [1.54, 1.807) is 37.3 Å². The van der Waals surface area contributed by atoms with E-state index in [0.29, 0.717) is 30.0 Å². The number of nitrogens with one attached hydrogen (secondary N) is 2. The van der Waals surface area contributed by atoms with Crippen molar-refractivity contribution in [3.05, 3.63) is 71.7 Å². The number of benzene rings is 2. The SMILES string of the molecule is CCOC(=O)CNC(=O)/N=C(\c1ccccc1)N1CCN(C(=O)C(=O)c2c[nH]c3cccc(F)c23)CC1. The van der Waals surface area contributed by atoms with Crippen LogP contribution in [0.2, 0.25) is 0 Å². The van der Waals surface area contributed by atoms with Crippen molar-refractivity contribution in [2.45, 2.75) is 6.92 Å². The number of Topliss-reactive ketones (excluding diaryl/α,β-unsaturated/α-hetero) is 1. The summed E-state index contributed by atoms with van der Waals surface area (Å²) in [4.78, 5) is 60.1. The van der Waals surface area contributed by atoms with Crippen LogP contribution in [0.5, 0.6) is 0 Å². The monoisotopic (exact) mass is 507 g/mol. The second kappa shape index (κ2) is 11.5. The maximum Gasteiger partial charge on any atom is 0.343 e. The summed E-state index contributed by atoms with van der Waals surface area (Å²) in [7, 11) is 0. The lowest BCUT2D eigenvalue weighted by Gasteiger charge is -2.36. The van der Waals surface area contributed by atoms with Crippen LogP contribution in [0.4, 0.5) is 9.18 Å². The van der Waals surface area contributed by atoms with E-state index in [-0.39, 0.29) is 37.2 Å². The van der Waals surface area contributed by atoms with Gasteiger partial charge in [-0.05, 0) is 19.1 Å². The van der Waals surface area contributed by atoms with Crippen molar-refractivity contribution in [3.63, 3.8) is 0 Å². The third kappa shape index (κ3) is 5.83. The number of carbonyl (C=O) groups is 4. The Morgan fingerprint density at radius 1 is 1.00 bits per heavy atom. The van der Waals surface area contributed by atoms with Crippen LogP contribution in [0.15, 0.2) is 59.7 Å². The van der Waals surface area contributed by atoms with Gasteiger partial charge in [0.25, 0.3) is 11.7 Å². The number of ketones is 1. The number of fused-ring (bicyclic) bond motifs is 1. The number of ether oxygens (including phenoxy) is 1. The Morgan fingerprint density at radius 2 is 1.70 bits per heavy atom. The smallest absolute Gasteiger partial charge is 0.343 e. The van der Waals surface area contributed by atoms with E-state index in [1.165, 1.54) is 23.2 Å². The lowest BCUT2D eigenvalue weighted by atomic mass is 10.1. The molecule has 192 valence electrons. The van der Waals surface area contributed by atoms with Crippen molar-refractivity contribution < 1.29 is 28.3 Å². The molecule has 0 unspecified atom stereocenters. The van der Waals surface area contributed by atoms with Crippen LogP contribution >= 0.6 is 0 Å². The summed E-state index contributed by atoms with van der Waals surface area (Å²) in [6, 6.07) is 12.7. The highest BCUT2D eigenvalue weighted by molar-refractivity contribution is 6.44. The van der Waals surface area contributed by atoms with E-state index >= 15 is 0 Å². The first-order chi connectivity index (χ1) is 17.9. The van der Waals surface area contributed by atoms with Crippen molar-refractivity contribution in [2.75, 3.05) is 39.3 Å². The zero-order valence-corrected chi connectivity index (χ0v) is 20.2. The first-order valence-corrected chi connectivity index (χ1v) is 11.8. The first kappa shape index (κ1) is 25.5. The lowest BCUT2D eigenvalue weighted by molar-refractivity contribution is -0.141. The van der Waals surface area contributed by atoms with Crippen LogP contribution in [0.3, 0.4) is 0 Å². The second-order valence-corrected chi connectivity index (χ2v) is 8.24. The topological polar surface area (TPSA) is 124 Å². The van der Waals surface area contributed by atoms with E-state index in [0.717, 1.165) is 0 Å². The number of rotatable bonds is 6. The number of aromatic nitrogens is 1. The molecule has 0 spiro atoms. The van der Waals surface area contributed by atoms with Crippen LogP contribution in [0.25, 0.3) is 10.9 Å². The second-order valence-electron chi connectivity index (χ2n) is 8.24. The molecular weight excluding hydrogens is 481 g/mol. The molecule has 0 radical (unpaired) electrons. The van der Waals surface area contributed by atoms with Crippen molar-refractivity contribution in [2.24, 2.45) is 4.99 Å². The van der Waals surface area contributed by atoms with E-state index in [1.807, 2.05) is 11.0 Å². The minimum absolute atomic E-state index is 0.00895. The van der Waals surface area contributed by atoms with Crippen LogP contribution < -0.4 is 5.32 Å². The summed E-state index contributed by atoms with van der Waals surface area (Å²) in [6.07, 6.45) is 1.35. The average Bonchev–Trinajstić information content (AvgIpc) is 3.36. The molecule has 1 aromatic heterocycles. The average molecular weight is 508 g/mol. The summed E-state index contributed by atoms with van der Waals surface area (Å²) in [5.41, 5.74) is 1.11. The van der Waals surface area contributed by atoms with Crippen LogP contribution in [-0.2, 0) is 14.3 Å². The molecular formula is C26H26FN5O5. The van der Waals surface area contributed by atoms with E-state index in [4.69, 9.17) is 4.74 Å². The number of piperazine rings is 1. The number of hydrogen-bond donors (Lipinski definition) is 2. The number of hydrogen-bond acceptors (Lipinski definition) is 5. The van der Waals surface area contributed by atoms with Crippen molar-refractivity contribution in [1.29, 1.82) is 0 Å². The molecule has 11 heteroatoms. The maximum absolute atomic E-state index is 14.3. The molecule has 0 atom stereocenters. The van der Waals surface area contributed by atoms with Crippen LogP contribution in [-0.4, -0.2) is 83.6 Å². The molecule has 4 rings (SSSR count). The van der Waals surface area contributed by atoms with Gasteiger partial charge in [-0.2, -0.15) is 4.99 Å². The van der Waals surface area contributed by atoms with Gasteiger partial charge in [0.1, 0.15) is 18.2 Å². The minimum atomic E-state index is -0.792. The molecule has 2 N–H and O–H groups in total. The number of amides is 3. The lowest BCUT2D eigenvalue weighted by Crippen LogP contribution is -2.52. The van der Waals surface area contributed by atoms with Gasteiger partial charge < -0.3 is 24.8 Å². The summed E-state index contributed by atoms with van der Waals surface area (Å²) in [5.74, 6) is -2.29. The third-order valence-electron chi connectivity index (χ3n) is 5.89. The van der Waals surface area contributed by atoms with Gasteiger partial charge in [0.05, 0.1) is 12.2 Å². The molecule has 0 bridgehead atoms. The maximum atomic E-state index is 14.3. The van der Waals surface area contributed by atoms with E-state index < -0.39 is 29.5 Å². The number of aliphatic imine (C=N–C) groups is 1. The van der Waals surface area contributed by atoms with Gasteiger partial charge in [-0.15, -0.1) is 0 Å². The van der Waals surface area contributed by atoms with Crippen LogP contribution in [0.1, 0.15) is 22.8 Å². The first-order valence-electron chi connectivity index (χ1n) is 11.8. The molecule has 3 amide bonds. The highest BCUT2D eigenvalue weighted by atomic mass is 19.1. The number of aromatic amines is 1. The number of carbonyl (C=O) groups excluding carboxylic acids is 4. The number of amidine groups is 1. The predicted octanol–water partition coefficient (Wildman–Crippen LogP) is 2.35. The van der Waals surface area contributed by atoms with Gasteiger partial charge in [-0.1, -0.05) is 36.4 Å². The molecule has 0 aliphatic carbocycles. The highest BCUT2D eigenvalue weighted by Gasteiger charge is 2.30. The molecule has 3 aromatic rings. The molecule has 1 aliphatic rings. The van der Waals surface area contributed by atoms with Crippen LogP contribution in [0, 0.1) is 5.82 Å². The highest BCUT2D eigenvalue weighted by Crippen LogP contribution is 2.23. The number of nitrogens with zero attached hydrogens (tertiary/aromatic N) is 3. The number of halogens is 1. The molecule has 1 fully saturated rings. The Bertz CT molecular complexity index is 1350. The van der Waals surface area contributed by atoms with Gasteiger partial charge in [0.2, 0.25) is 0 Å². The summed E-state index contributed by atoms with van der Waals surface area (Å²) in [5, 5.41) is 2.50. The molecule has 1 saturated heterocycles. The zero-order valence-electron chi connectivity index (χ0n) is 20.2. The molecule has 1 aliphatic heterocycles. The fourth-order valence-corrected chi connectivity index (χ4v) is 4.10. The Morgan fingerprint density at radius 3 is 2.41 bits per heavy atom. The zero-order chi connectivity index (χ0) is 26.4. The van der Waals surface area contributed by atoms with Crippen molar-refractivity contribution in [1.82, 2.24) is 20.1 Å². The van der Waals surface area contributed by atoms with Gasteiger partial charge in [-0.3, -0.25) is 14.4 Å². The quantitative estimate of drug-likeness (QED) is 0.174. The normalized spacial score (nSPS) is 13.9. The fourth-order valence-electron chi connectivity index (χ4n) is 4.10. The number of esters is 1. The predicted molar refractivity (Wildman–Crippen MR) is 134 cm³/mol. The minimum Gasteiger partial charge on any atom is -0.465 e. The molecule has 37 heavy (non-hydrogen) atoms. The summed E-state index contributed by atoms with van der Waals surface area (Å²) < 4.78 is 19.1. The summed E-state index contributed by atoms with van der Waals surface area (Å²) >= 11 is 0. The molecule has 10 nitrogen and oxygen atoms in total. The third-order valence-corrected chi connectivity index (χ3v) is 5.89. The van der Waals surface area contributed by atoms with Gasteiger partial charge in [0, 0.05) is 48.8 Å². The standard InChI is InChI=1S/C26H26FN5O5/c1-2-37-21(33)16-29-26(36)30-24(17-7-4-3-5-8-17)31-11-13-32(14-12-31)25(35)23(34)18-15-28-20-10-6-9-19(27)22(18)20/h3-10,15,28H,2,11-14,16H2,1H3,(H,29,36)/b30-24+. The number of urea groups is 1. The fraction of sp³-hybridized carbons (Fsp3) is 0.269. The molecule has 0 saturated carbocycles. The largest absolute Gasteiger partial charge is 0.465 e. The Balaban J connectivity index is 1.45. The Kier molecular flexibility index (Phi) is 7.92. The van der Waals surface area contributed by atoms with Crippen molar-refractivity contribution >= 4 is 40.4 Å². The Hall–Kier alpha value is -4.54. The van der Waals surface area contributed by atoms with E-state index in [9.17, 15) is 23.6 Å². The molecule has 2 aromatic carbocycles. The summed E-state index contributed by atoms with van der Waals surface area (Å²) in [6.45, 7) is 2.57. The Labute approximate surface area is 212 Å². The van der Waals surface area contributed by atoms with Gasteiger partial charge >= 0.3 is 12.0 Å².